The number of rotatable bonds is 6. The Morgan fingerprint density at radius 1 is 1.20 bits per heavy atom. The van der Waals surface area contributed by atoms with Crippen LogP contribution >= 0.6 is 0 Å². The van der Waals surface area contributed by atoms with Crippen molar-refractivity contribution in [3.05, 3.63) is 35.7 Å². The van der Waals surface area contributed by atoms with E-state index in [1.165, 1.54) is 5.56 Å². The van der Waals surface area contributed by atoms with Crippen molar-refractivity contribution in [1.82, 2.24) is 21.0 Å². The molecule has 0 radical (unpaired) electrons. The van der Waals surface area contributed by atoms with Crippen LogP contribution in [0.3, 0.4) is 0 Å². The summed E-state index contributed by atoms with van der Waals surface area (Å²) in [5.74, 6) is 1.02. The van der Waals surface area contributed by atoms with Gasteiger partial charge >= 0.3 is 0 Å². The van der Waals surface area contributed by atoms with Gasteiger partial charge in [0.2, 0.25) is 23.5 Å². The van der Waals surface area contributed by atoms with E-state index in [1.807, 2.05) is 24.3 Å². The summed E-state index contributed by atoms with van der Waals surface area (Å²) in [6.45, 7) is 4.28. The topological polar surface area (TPSA) is 97.1 Å². The fourth-order valence-electron chi connectivity index (χ4n) is 2.35. The zero-order chi connectivity index (χ0) is 17.8. The Balaban J connectivity index is 1.49. The lowest BCUT2D eigenvalue weighted by Crippen LogP contribution is -2.42. The summed E-state index contributed by atoms with van der Waals surface area (Å²) >= 11 is 0. The van der Waals surface area contributed by atoms with Gasteiger partial charge in [0.15, 0.2) is 0 Å². The summed E-state index contributed by atoms with van der Waals surface area (Å²) in [6, 6.07) is 8.02. The van der Waals surface area contributed by atoms with Crippen LogP contribution in [0, 0.1) is 5.92 Å². The summed E-state index contributed by atoms with van der Waals surface area (Å²) < 4.78 is 5.19. The van der Waals surface area contributed by atoms with Gasteiger partial charge in [-0.2, -0.15) is 4.98 Å². The van der Waals surface area contributed by atoms with Gasteiger partial charge in [-0.05, 0) is 24.3 Å². The molecule has 0 atom stereocenters. The molecule has 0 unspecified atom stereocenters. The van der Waals surface area contributed by atoms with Crippen molar-refractivity contribution < 1.29 is 14.1 Å². The fourth-order valence-corrected chi connectivity index (χ4v) is 2.35. The highest BCUT2D eigenvalue weighted by atomic mass is 16.5. The predicted molar refractivity (Wildman–Crippen MR) is 91.2 cm³/mol. The van der Waals surface area contributed by atoms with Crippen LogP contribution in [-0.4, -0.2) is 22.0 Å². The van der Waals surface area contributed by atoms with Gasteiger partial charge in [0.25, 0.3) is 0 Å². The number of hydrogen-bond acceptors (Lipinski definition) is 5. The number of amides is 2. The second-order valence-electron chi connectivity index (χ2n) is 6.60. The van der Waals surface area contributed by atoms with Crippen LogP contribution in [0.5, 0.6) is 0 Å². The van der Waals surface area contributed by atoms with Crippen molar-refractivity contribution in [3.63, 3.8) is 0 Å². The molecule has 7 nitrogen and oxygen atoms in total. The van der Waals surface area contributed by atoms with Gasteiger partial charge in [0.05, 0.1) is 0 Å². The van der Waals surface area contributed by atoms with E-state index in [2.05, 4.69) is 34.8 Å². The molecule has 0 saturated heterocycles. The molecule has 2 N–H and O–H groups in total. The van der Waals surface area contributed by atoms with Crippen molar-refractivity contribution in [2.24, 2.45) is 5.92 Å². The number of carbonyl (C=O) groups excluding carboxylic acids is 2. The van der Waals surface area contributed by atoms with Crippen molar-refractivity contribution in [3.8, 4) is 11.4 Å². The second-order valence-corrected chi connectivity index (χ2v) is 6.60. The van der Waals surface area contributed by atoms with E-state index in [-0.39, 0.29) is 24.2 Å². The van der Waals surface area contributed by atoms with Crippen LogP contribution in [0.25, 0.3) is 11.4 Å². The summed E-state index contributed by atoms with van der Waals surface area (Å²) in [6.07, 6.45) is 2.27. The number of aryl methyl sites for hydroxylation is 1. The highest BCUT2D eigenvalue weighted by Crippen LogP contribution is 2.28. The highest BCUT2D eigenvalue weighted by molar-refractivity contribution is 5.84. The summed E-state index contributed by atoms with van der Waals surface area (Å²) in [5.41, 5.74) is 6.94. The second kappa shape index (κ2) is 7.46. The maximum atomic E-state index is 11.7. The minimum Gasteiger partial charge on any atom is -0.339 e. The van der Waals surface area contributed by atoms with E-state index in [0.29, 0.717) is 24.1 Å². The van der Waals surface area contributed by atoms with E-state index in [4.69, 9.17) is 4.52 Å². The molecule has 1 saturated carbocycles. The molecule has 3 rings (SSSR count). The Bertz CT molecular complexity index is 748. The predicted octanol–water partition coefficient (Wildman–Crippen LogP) is 2.35. The van der Waals surface area contributed by atoms with Crippen molar-refractivity contribution >= 4 is 11.8 Å². The number of carbonyl (C=O) groups is 2. The third-order valence-electron chi connectivity index (χ3n) is 4.14. The molecule has 0 aliphatic heterocycles. The SMILES string of the molecule is CC(C)c1ccc(-c2noc(CCC(=O)NNC(=O)C3CC3)n2)cc1. The van der Waals surface area contributed by atoms with Crippen LogP contribution in [0.15, 0.2) is 28.8 Å². The minimum atomic E-state index is -0.282. The third kappa shape index (κ3) is 4.65. The molecule has 1 aliphatic carbocycles. The summed E-state index contributed by atoms with van der Waals surface area (Å²) in [5, 5.41) is 3.96. The molecule has 2 amide bonds. The van der Waals surface area contributed by atoms with Gasteiger partial charge in [-0.25, -0.2) is 0 Å². The lowest BCUT2D eigenvalue weighted by molar-refractivity contribution is -0.129. The zero-order valence-corrected chi connectivity index (χ0v) is 14.4. The highest BCUT2D eigenvalue weighted by Gasteiger charge is 2.29. The first-order chi connectivity index (χ1) is 12.0. The molecule has 2 aromatic rings. The van der Waals surface area contributed by atoms with Crippen molar-refractivity contribution in [1.29, 1.82) is 0 Å². The molecule has 0 bridgehead atoms. The number of nitrogens with one attached hydrogen (secondary N) is 2. The Kier molecular flexibility index (Phi) is 5.11. The molecule has 0 spiro atoms. The van der Waals surface area contributed by atoms with Crippen LogP contribution in [0.2, 0.25) is 0 Å². The number of aromatic nitrogens is 2. The Hall–Kier alpha value is -2.70. The zero-order valence-electron chi connectivity index (χ0n) is 14.4. The smallest absolute Gasteiger partial charge is 0.241 e. The van der Waals surface area contributed by atoms with Gasteiger partial charge in [0, 0.05) is 24.3 Å². The standard InChI is InChI=1S/C18H22N4O3/c1-11(2)12-3-5-13(6-4-12)17-19-16(25-22-17)10-9-15(23)20-21-18(24)14-7-8-14/h3-6,11,14H,7-10H2,1-2H3,(H,20,23)(H,21,24). The fraction of sp³-hybridized carbons (Fsp3) is 0.444. The summed E-state index contributed by atoms with van der Waals surface area (Å²) in [4.78, 5) is 27.5. The van der Waals surface area contributed by atoms with E-state index >= 15 is 0 Å². The molecule has 1 aromatic carbocycles. The van der Waals surface area contributed by atoms with Gasteiger partial charge in [0.1, 0.15) is 0 Å². The molecule has 132 valence electrons. The van der Waals surface area contributed by atoms with Gasteiger partial charge < -0.3 is 4.52 Å². The molecule has 25 heavy (non-hydrogen) atoms. The number of benzene rings is 1. The third-order valence-corrected chi connectivity index (χ3v) is 4.14. The van der Waals surface area contributed by atoms with Crippen molar-refractivity contribution in [2.45, 2.75) is 45.4 Å². The van der Waals surface area contributed by atoms with Gasteiger partial charge in [-0.3, -0.25) is 20.4 Å². The first kappa shape index (κ1) is 17.1. The number of nitrogens with zero attached hydrogens (tertiary/aromatic N) is 2. The minimum absolute atomic E-state index is 0.0564. The Morgan fingerprint density at radius 3 is 2.56 bits per heavy atom. The molecule has 1 heterocycles. The maximum Gasteiger partial charge on any atom is 0.241 e. The monoisotopic (exact) mass is 342 g/mol. The largest absolute Gasteiger partial charge is 0.339 e. The first-order valence-corrected chi connectivity index (χ1v) is 8.54. The van der Waals surface area contributed by atoms with Gasteiger partial charge in [-0.15, -0.1) is 0 Å². The first-order valence-electron chi connectivity index (χ1n) is 8.54. The lowest BCUT2D eigenvalue weighted by Gasteiger charge is -2.05. The van der Waals surface area contributed by atoms with Crippen LogP contribution in [-0.2, 0) is 16.0 Å². The molecule has 1 aliphatic rings. The molecule has 7 heteroatoms. The number of hydrazine groups is 1. The van der Waals surface area contributed by atoms with Crippen molar-refractivity contribution in [2.75, 3.05) is 0 Å². The maximum absolute atomic E-state index is 11.7. The van der Waals surface area contributed by atoms with Crippen LogP contribution in [0.1, 0.15) is 50.5 Å². The van der Waals surface area contributed by atoms with Gasteiger partial charge in [-0.1, -0.05) is 43.3 Å². The Labute approximate surface area is 146 Å². The quantitative estimate of drug-likeness (QED) is 0.786. The van der Waals surface area contributed by atoms with Crippen LogP contribution in [0.4, 0.5) is 0 Å². The van der Waals surface area contributed by atoms with E-state index in [9.17, 15) is 9.59 Å². The van der Waals surface area contributed by atoms with Crippen LogP contribution < -0.4 is 10.9 Å². The molecule has 1 aromatic heterocycles. The Morgan fingerprint density at radius 2 is 1.92 bits per heavy atom. The normalized spacial score (nSPS) is 13.7. The van der Waals surface area contributed by atoms with E-state index in [1.54, 1.807) is 0 Å². The lowest BCUT2D eigenvalue weighted by atomic mass is 10.0. The molecule has 1 fully saturated rings. The van der Waals surface area contributed by atoms with E-state index < -0.39 is 0 Å². The number of hydrogen-bond donors (Lipinski definition) is 2. The molecular weight excluding hydrogens is 320 g/mol. The van der Waals surface area contributed by atoms with E-state index in [0.717, 1.165) is 18.4 Å². The average Bonchev–Trinajstić information content (AvgIpc) is 3.36. The average molecular weight is 342 g/mol. The summed E-state index contributed by atoms with van der Waals surface area (Å²) in [7, 11) is 0. The molecular formula is C18H22N4O3.